The molecule has 0 bridgehead atoms. The van der Waals surface area contributed by atoms with Gasteiger partial charge in [0.25, 0.3) is 0 Å². The Labute approximate surface area is 150 Å². The number of fused-ring (bicyclic) bond motifs is 1. The van der Waals surface area contributed by atoms with Crippen molar-refractivity contribution in [2.75, 3.05) is 19.7 Å². The summed E-state index contributed by atoms with van der Waals surface area (Å²) in [6, 6.07) is 12.2. The predicted molar refractivity (Wildman–Crippen MR) is 95.5 cm³/mol. The van der Waals surface area contributed by atoms with Gasteiger partial charge in [0.2, 0.25) is 10.0 Å². The summed E-state index contributed by atoms with van der Waals surface area (Å²) < 4.78 is 38.3. The molecule has 1 aromatic heterocycles. The van der Waals surface area contributed by atoms with Crippen LogP contribution >= 0.6 is 0 Å². The number of H-pyrrole nitrogens is 1. The minimum Gasteiger partial charge on any atom is -0.408 e. The summed E-state index contributed by atoms with van der Waals surface area (Å²) in [4.78, 5) is 13.9. The number of morpholine rings is 1. The molecule has 3 aromatic rings. The molecule has 1 aliphatic rings. The number of nitrogens with one attached hydrogen (secondary N) is 1. The van der Waals surface area contributed by atoms with Gasteiger partial charge < -0.3 is 9.15 Å². The molecule has 0 saturated carbocycles. The van der Waals surface area contributed by atoms with E-state index in [1.54, 1.807) is 0 Å². The van der Waals surface area contributed by atoms with Crippen molar-refractivity contribution in [1.82, 2.24) is 9.29 Å². The highest BCUT2D eigenvalue weighted by molar-refractivity contribution is 7.89. The lowest BCUT2D eigenvalue weighted by molar-refractivity contribution is -0.00288. The third kappa shape index (κ3) is 2.96. The van der Waals surface area contributed by atoms with Gasteiger partial charge in [-0.1, -0.05) is 24.3 Å². The van der Waals surface area contributed by atoms with E-state index in [2.05, 4.69) is 4.98 Å². The molecule has 0 spiro atoms. The number of oxazole rings is 1. The molecule has 1 unspecified atom stereocenters. The van der Waals surface area contributed by atoms with Gasteiger partial charge in [0.15, 0.2) is 5.58 Å². The van der Waals surface area contributed by atoms with E-state index in [9.17, 15) is 13.2 Å². The average Bonchev–Trinajstić information content (AvgIpc) is 3.01. The summed E-state index contributed by atoms with van der Waals surface area (Å²) in [5.74, 6) is -0.611. The van der Waals surface area contributed by atoms with E-state index in [1.165, 1.54) is 22.5 Å². The van der Waals surface area contributed by atoms with Crippen LogP contribution in [0.25, 0.3) is 11.1 Å². The average molecular weight is 374 g/mol. The predicted octanol–water partition coefficient (Wildman–Crippen LogP) is 2.19. The molecule has 2 aromatic carbocycles. The summed E-state index contributed by atoms with van der Waals surface area (Å²) in [6.07, 6.45) is -0.311. The van der Waals surface area contributed by atoms with E-state index >= 15 is 0 Å². The molecule has 26 heavy (non-hydrogen) atoms. The fraction of sp³-hybridized carbons (Fsp3) is 0.278. The van der Waals surface area contributed by atoms with Gasteiger partial charge in [-0.2, -0.15) is 4.31 Å². The number of ether oxygens (including phenoxy) is 1. The maximum absolute atomic E-state index is 13.0. The van der Waals surface area contributed by atoms with Gasteiger partial charge in [-0.05, 0) is 30.2 Å². The summed E-state index contributed by atoms with van der Waals surface area (Å²) in [5, 5.41) is 0. The third-order valence-electron chi connectivity index (χ3n) is 4.59. The Bertz CT molecular complexity index is 1120. The maximum atomic E-state index is 13.0. The SMILES string of the molecule is Cc1ccccc1C1CN(S(=O)(=O)c2ccc3[nH]c(=O)oc3c2)CCO1. The van der Waals surface area contributed by atoms with E-state index in [0.29, 0.717) is 12.1 Å². The van der Waals surface area contributed by atoms with Crippen molar-refractivity contribution in [3.63, 3.8) is 0 Å². The minimum atomic E-state index is -3.72. The number of rotatable bonds is 3. The highest BCUT2D eigenvalue weighted by Crippen LogP contribution is 2.29. The van der Waals surface area contributed by atoms with Gasteiger partial charge in [-0.25, -0.2) is 13.2 Å². The van der Waals surface area contributed by atoms with Gasteiger partial charge in [-0.3, -0.25) is 4.98 Å². The largest absolute Gasteiger partial charge is 0.417 e. The Hall–Kier alpha value is -2.42. The second-order valence-corrected chi connectivity index (χ2v) is 8.19. The molecule has 1 aliphatic heterocycles. The van der Waals surface area contributed by atoms with Crippen molar-refractivity contribution in [3.8, 4) is 0 Å². The van der Waals surface area contributed by atoms with Crippen LogP contribution < -0.4 is 5.76 Å². The van der Waals surface area contributed by atoms with Crippen LogP contribution in [0, 0.1) is 6.92 Å². The normalized spacial score (nSPS) is 19.0. The highest BCUT2D eigenvalue weighted by Gasteiger charge is 2.32. The van der Waals surface area contributed by atoms with E-state index < -0.39 is 15.8 Å². The van der Waals surface area contributed by atoms with Crippen molar-refractivity contribution < 1.29 is 17.6 Å². The number of hydrogen-bond donors (Lipinski definition) is 1. The number of aryl methyl sites for hydroxylation is 1. The van der Waals surface area contributed by atoms with Crippen LogP contribution in [0.1, 0.15) is 17.2 Å². The number of aromatic amines is 1. The number of sulfonamides is 1. The molecule has 0 radical (unpaired) electrons. The Morgan fingerprint density at radius 1 is 1.19 bits per heavy atom. The van der Waals surface area contributed by atoms with Gasteiger partial charge in [0.05, 0.1) is 23.1 Å². The van der Waals surface area contributed by atoms with Crippen molar-refractivity contribution in [2.45, 2.75) is 17.9 Å². The lowest BCUT2D eigenvalue weighted by Gasteiger charge is -2.33. The Balaban J connectivity index is 1.66. The number of aromatic nitrogens is 1. The second kappa shape index (κ2) is 6.39. The first kappa shape index (κ1) is 17.0. The topological polar surface area (TPSA) is 92.6 Å². The first-order chi connectivity index (χ1) is 12.4. The van der Waals surface area contributed by atoms with Crippen LogP contribution in [0.15, 0.2) is 56.6 Å². The highest BCUT2D eigenvalue weighted by atomic mass is 32.2. The van der Waals surface area contributed by atoms with Gasteiger partial charge in [0, 0.05) is 19.2 Å². The lowest BCUT2D eigenvalue weighted by Crippen LogP contribution is -2.42. The molecule has 1 N–H and O–H groups in total. The minimum absolute atomic E-state index is 0.0955. The summed E-state index contributed by atoms with van der Waals surface area (Å²) in [7, 11) is -3.72. The molecular formula is C18H18N2O5S. The number of nitrogens with zero attached hydrogens (tertiary/aromatic N) is 1. The molecule has 1 saturated heterocycles. The monoisotopic (exact) mass is 374 g/mol. The zero-order chi connectivity index (χ0) is 18.3. The molecule has 7 nitrogen and oxygen atoms in total. The second-order valence-electron chi connectivity index (χ2n) is 6.25. The third-order valence-corrected chi connectivity index (χ3v) is 6.46. The maximum Gasteiger partial charge on any atom is 0.417 e. The van der Waals surface area contributed by atoms with Crippen LogP contribution in [-0.4, -0.2) is 37.4 Å². The van der Waals surface area contributed by atoms with Gasteiger partial charge in [-0.15, -0.1) is 0 Å². The van der Waals surface area contributed by atoms with Crippen molar-refractivity contribution in [3.05, 3.63) is 64.1 Å². The van der Waals surface area contributed by atoms with Crippen LogP contribution in [0.2, 0.25) is 0 Å². The van der Waals surface area contributed by atoms with Crippen LogP contribution in [-0.2, 0) is 14.8 Å². The molecular weight excluding hydrogens is 356 g/mol. The van der Waals surface area contributed by atoms with Crippen LogP contribution in [0.5, 0.6) is 0 Å². The summed E-state index contributed by atoms with van der Waals surface area (Å²) >= 11 is 0. The van der Waals surface area contributed by atoms with Crippen LogP contribution in [0.4, 0.5) is 0 Å². The molecule has 0 aliphatic carbocycles. The molecule has 1 atom stereocenters. The van der Waals surface area contributed by atoms with Crippen LogP contribution in [0.3, 0.4) is 0 Å². The van der Waals surface area contributed by atoms with Crippen molar-refractivity contribution in [2.24, 2.45) is 0 Å². The summed E-state index contributed by atoms with van der Waals surface area (Å²) in [5.41, 5.74) is 2.74. The molecule has 4 rings (SSSR count). The zero-order valence-electron chi connectivity index (χ0n) is 14.1. The van der Waals surface area contributed by atoms with Crippen molar-refractivity contribution >= 4 is 21.1 Å². The van der Waals surface area contributed by atoms with Crippen molar-refractivity contribution in [1.29, 1.82) is 0 Å². The first-order valence-electron chi connectivity index (χ1n) is 8.25. The van der Waals surface area contributed by atoms with Gasteiger partial charge >= 0.3 is 5.76 Å². The Morgan fingerprint density at radius 3 is 2.81 bits per heavy atom. The quantitative estimate of drug-likeness (QED) is 0.759. The van der Waals surface area contributed by atoms with E-state index in [-0.39, 0.29) is 29.7 Å². The molecule has 136 valence electrons. The fourth-order valence-corrected chi connectivity index (χ4v) is 4.66. The molecule has 2 heterocycles. The van der Waals surface area contributed by atoms with E-state index in [1.807, 2.05) is 31.2 Å². The lowest BCUT2D eigenvalue weighted by atomic mass is 10.0. The summed E-state index contributed by atoms with van der Waals surface area (Å²) in [6.45, 7) is 2.82. The Morgan fingerprint density at radius 2 is 2.00 bits per heavy atom. The fourth-order valence-electron chi connectivity index (χ4n) is 3.22. The Kier molecular flexibility index (Phi) is 4.18. The molecule has 1 fully saturated rings. The zero-order valence-corrected chi connectivity index (χ0v) is 15.0. The van der Waals surface area contributed by atoms with Gasteiger partial charge in [0.1, 0.15) is 0 Å². The smallest absolute Gasteiger partial charge is 0.408 e. The molecule has 0 amide bonds. The van der Waals surface area contributed by atoms with E-state index in [4.69, 9.17) is 9.15 Å². The molecule has 8 heteroatoms. The number of hydrogen-bond acceptors (Lipinski definition) is 5. The van der Waals surface area contributed by atoms with E-state index in [0.717, 1.165) is 11.1 Å². The first-order valence-corrected chi connectivity index (χ1v) is 9.69. The standard InChI is InChI=1S/C18H18N2O5S/c1-12-4-2-3-5-14(12)17-11-20(8-9-24-17)26(22,23)13-6-7-15-16(10-13)25-18(21)19-15/h2-7,10,17H,8-9,11H2,1H3,(H,19,21). The number of benzene rings is 2.